The van der Waals surface area contributed by atoms with Crippen LogP contribution in [-0.2, 0) is 0 Å². The Morgan fingerprint density at radius 1 is 1.25 bits per heavy atom. The molecule has 1 aliphatic carbocycles. The fourth-order valence-electron chi connectivity index (χ4n) is 2.97. The predicted molar refractivity (Wildman–Crippen MR) is 58.8 cm³/mol. The van der Waals surface area contributed by atoms with Gasteiger partial charge in [0.2, 0.25) is 0 Å². The molecule has 84 valence electrons. The van der Waals surface area contributed by atoms with Crippen molar-refractivity contribution in [2.75, 3.05) is 13.1 Å². The summed E-state index contributed by atoms with van der Waals surface area (Å²) in [5.41, 5.74) is 0.475. The molecule has 4 heteroatoms. The van der Waals surface area contributed by atoms with Gasteiger partial charge in [-0.25, -0.2) is 4.98 Å². The summed E-state index contributed by atoms with van der Waals surface area (Å²) in [6.07, 6.45) is 8.63. The Balaban J connectivity index is 1.73. The number of amides is 1. The lowest BCUT2D eigenvalue weighted by Gasteiger charge is -2.16. The molecule has 3 rings (SSSR count). The third-order valence-electron chi connectivity index (χ3n) is 3.80. The quantitative estimate of drug-likeness (QED) is 0.713. The summed E-state index contributed by atoms with van der Waals surface area (Å²) in [5, 5.41) is 0. The molecule has 2 aliphatic rings. The monoisotopic (exact) mass is 217 g/mol. The molecule has 0 spiro atoms. The van der Waals surface area contributed by atoms with E-state index in [0.717, 1.165) is 24.9 Å². The third kappa shape index (κ3) is 1.58. The van der Waals surface area contributed by atoms with Crippen LogP contribution in [0, 0.1) is 11.8 Å². The molecular weight excluding hydrogens is 202 g/mol. The summed E-state index contributed by atoms with van der Waals surface area (Å²) in [6.45, 7) is 1.83. The zero-order valence-corrected chi connectivity index (χ0v) is 9.17. The molecule has 1 saturated carbocycles. The average Bonchev–Trinajstić information content (AvgIpc) is 2.89. The lowest BCUT2D eigenvalue weighted by molar-refractivity contribution is 0.0774. The summed E-state index contributed by atoms with van der Waals surface area (Å²) < 4.78 is 0. The van der Waals surface area contributed by atoms with Crippen LogP contribution in [0.3, 0.4) is 0 Å². The summed E-state index contributed by atoms with van der Waals surface area (Å²) in [6, 6.07) is 0. The number of rotatable bonds is 1. The SMILES string of the molecule is O=C(c1cnccn1)N1CC2CCCC2C1. The van der Waals surface area contributed by atoms with Gasteiger partial charge in [0.15, 0.2) is 0 Å². The van der Waals surface area contributed by atoms with Gasteiger partial charge in [0, 0.05) is 25.5 Å². The van der Waals surface area contributed by atoms with Crippen molar-refractivity contribution in [1.29, 1.82) is 0 Å². The van der Waals surface area contributed by atoms with E-state index in [4.69, 9.17) is 0 Å². The predicted octanol–water partition coefficient (Wildman–Crippen LogP) is 1.35. The Morgan fingerprint density at radius 3 is 2.62 bits per heavy atom. The number of carbonyl (C=O) groups excluding carboxylic acids is 1. The zero-order valence-electron chi connectivity index (χ0n) is 9.17. The van der Waals surface area contributed by atoms with E-state index in [1.165, 1.54) is 19.3 Å². The first kappa shape index (κ1) is 9.75. The first-order valence-electron chi connectivity index (χ1n) is 5.90. The van der Waals surface area contributed by atoms with Crippen LogP contribution in [0.4, 0.5) is 0 Å². The number of fused-ring (bicyclic) bond motifs is 1. The third-order valence-corrected chi connectivity index (χ3v) is 3.80. The molecule has 1 aromatic heterocycles. The first-order chi connectivity index (χ1) is 7.84. The van der Waals surface area contributed by atoms with Crippen molar-refractivity contribution in [3.63, 3.8) is 0 Å². The Morgan fingerprint density at radius 2 is 2.00 bits per heavy atom. The standard InChI is InChI=1S/C12H15N3O/c16-12(11-6-13-4-5-14-11)15-7-9-2-1-3-10(9)8-15/h4-6,9-10H,1-3,7-8H2. The van der Waals surface area contributed by atoms with Crippen LogP contribution in [0.1, 0.15) is 29.8 Å². The number of hydrogen-bond donors (Lipinski definition) is 0. The second-order valence-electron chi connectivity index (χ2n) is 4.75. The fourth-order valence-corrected chi connectivity index (χ4v) is 2.97. The highest BCUT2D eigenvalue weighted by Gasteiger charge is 2.38. The summed E-state index contributed by atoms with van der Waals surface area (Å²) in [7, 11) is 0. The molecule has 4 nitrogen and oxygen atoms in total. The number of nitrogens with zero attached hydrogens (tertiary/aromatic N) is 3. The molecule has 2 fully saturated rings. The van der Waals surface area contributed by atoms with Gasteiger partial charge in [-0.2, -0.15) is 0 Å². The topological polar surface area (TPSA) is 46.1 Å². The van der Waals surface area contributed by atoms with Crippen LogP contribution < -0.4 is 0 Å². The molecule has 1 aliphatic heterocycles. The molecule has 1 aromatic rings. The highest BCUT2D eigenvalue weighted by atomic mass is 16.2. The second-order valence-corrected chi connectivity index (χ2v) is 4.75. The van der Waals surface area contributed by atoms with Crippen molar-refractivity contribution >= 4 is 5.91 Å². The number of aromatic nitrogens is 2. The lowest BCUT2D eigenvalue weighted by Crippen LogP contribution is -2.30. The zero-order chi connectivity index (χ0) is 11.0. The van der Waals surface area contributed by atoms with Crippen LogP contribution in [0.15, 0.2) is 18.6 Å². The normalized spacial score (nSPS) is 28.1. The van der Waals surface area contributed by atoms with Crippen LogP contribution in [0.25, 0.3) is 0 Å². The Bertz CT molecular complexity index is 381. The Kier molecular flexibility index (Phi) is 2.35. The minimum absolute atomic E-state index is 0.0440. The van der Waals surface area contributed by atoms with Gasteiger partial charge in [-0.3, -0.25) is 9.78 Å². The molecule has 2 heterocycles. The van der Waals surface area contributed by atoms with Gasteiger partial charge in [-0.15, -0.1) is 0 Å². The molecule has 0 radical (unpaired) electrons. The Labute approximate surface area is 94.7 Å². The maximum atomic E-state index is 12.1. The van der Waals surface area contributed by atoms with Gasteiger partial charge in [0.05, 0.1) is 6.20 Å². The minimum Gasteiger partial charge on any atom is -0.337 e. The van der Waals surface area contributed by atoms with Gasteiger partial charge in [-0.05, 0) is 24.7 Å². The highest BCUT2D eigenvalue weighted by molar-refractivity contribution is 5.92. The number of hydrogen-bond acceptors (Lipinski definition) is 3. The Hall–Kier alpha value is -1.45. The molecule has 0 N–H and O–H groups in total. The van der Waals surface area contributed by atoms with E-state index in [-0.39, 0.29) is 5.91 Å². The van der Waals surface area contributed by atoms with E-state index < -0.39 is 0 Å². The fraction of sp³-hybridized carbons (Fsp3) is 0.583. The van der Waals surface area contributed by atoms with Crippen molar-refractivity contribution in [2.24, 2.45) is 11.8 Å². The van der Waals surface area contributed by atoms with E-state index in [2.05, 4.69) is 9.97 Å². The minimum atomic E-state index is 0.0440. The molecule has 2 unspecified atom stereocenters. The van der Waals surface area contributed by atoms with E-state index in [9.17, 15) is 4.79 Å². The smallest absolute Gasteiger partial charge is 0.274 e. The second kappa shape index (κ2) is 3.85. The van der Waals surface area contributed by atoms with Crippen molar-refractivity contribution in [3.8, 4) is 0 Å². The largest absolute Gasteiger partial charge is 0.337 e. The van der Waals surface area contributed by atoms with Gasteiger partial charge >= 0.3 is 0 Å². The van der Waals surface area contributed by atoms with E-state index in [1.54, 1.807) is 18.6 Å². The molecule has 16 heavy (non-hydrogen) atoms. The van der Waals surface area contributed by atoms with Crippen molar-refractivity contribution in [2.45, 2.75) is 19.3 Å². The van der Waals surface area contributed by atoms with Gasteiger partial charge in [-0.1, -0.05) is 6.42 Å². The molecular formula is C12H15N3O. The van der Waals surface area contributed by atoms with Crippen molar-refractivity contribution < 1.29 is 4.79 Å². The van der Waals surface area contributed by atoms with E-state index in [0.29, 0.717) is 5.69 Å². The van der Waals surface area contributed by atoms with Crippen LogP contribution >= 0.6 is 0 Å². The molecule has 1 amide bonds. The summed E-state index contributed by atoms with van der Waals surface area (Å²) in [5.74, 6) is 1.52. The van der Waals surface area contributed by atoms with Gasteiger partial charge in [0.25, 0.3) is 5.91 Å². The number of likely N-dealkylation sites (tertiary alicyclic amines) is 1. The van der Waals surface area contributed by atoms with Crippen molar-refractivity contribution in [3.05, 3.63) is 24.3 Å². The summed E-state index contributed by atoms with van der Waals surface area (Å²) >= 11 is 0. The first-order valence-corrected chi connectivity index (χ1v) is 5.90. The number of carbonyl (C=O) groups is 1. The van der Waals surface area contributed by atoms with Crippen LogP contribution in [-0.4, -0.2) is 33.9 Å². The molecule has 2 atom stereocenters. The summed E-state index contributed by atoms with van der Waals surface area (Å²) in [4.78, 5) is 22.0. The van der Waals surface area contributed by atoms with Gasteiger partial charge in [0.1, 0.15) is 5.69 Å². The van der Waals surface area contributed by atoms with Crippen LogP contribution in [0.2, 0.25) is 0 Å². The van der Waals surface area contributed by atoms with Crippen molar-refractivity contribution in [1.82, 2.24) is 14.9 Å². The maximum absolute atomic E-state index is 12.1. The highest BCUT2D eigenvalue weighted by Crippen LogP contribution is 2.37. The van der Waals surface area contributed by atoms with Crippen LogP contribution in [0.5, 0.6) is 0 Å². The average molecular weight is 217 g/mol. The molecule has 1 saturated heterocycles. The maximum Gasteiger partial charge on any atom is 0.274 e. The molecule has 0 aromatic carbocycles. The van der Waals surface area contributed by atoms with E-state index in [1.807, 2.05) is 4.90 Å². The molecule has 0 bridgehead atoms. The van der Waals surface area contributed by atoms with Gasteiger partial charge < -0.3 is 4.90 Å². The lowest BCUT2D eigenvalue weighted by atomic mass is 10.0. The van der Waals surface area contributed by atoms with E-state index >= 15 is 0 Å².